The molecule has 0 bridgehead atoms. The first kappa shape index (κ1) is 15.7. The third-order valence-electron chi connectivity index (χ3n) is 3.13. The van der Waals surface area contributed by atoms with E-state index >= 15 is 0 Å². The topological polar surface area (TPSA) is 23.5 Å². The number of hydrogen-bond acceptors (Lipinski definition) is 2. The Morgan fingerprint density at radius 1 is 1.33 bits per heavy atom. The molecule has 0 spiro atoms. The summed E-state index contributed by atoms with van der Waals surface area (Å²) in [4.78, 5) is 2.25. The van der Waals surface area contributed by atoms with Crippen LogP contribution in [0, 0.1) is 5.41 Å². The molecule has 2 nitrogen and oxygen atoms in total. The third kappa shape index (κ3) is 5.51. The fourth-order valence-electron chi connectivity index (χ4n) is 1.80. The van der Waals surface area contributed by atoms with Gasteiger partial charge in [0.05, 0.1) is 6.10 Å². The second-order valence-corrected chi connectivity index (χ2v) is 6.95. The van der Waals surface area contributed by atoms with Crippen molar-refractivity contribution in [2.75, 3.05) is 13.6 Å². The van der Waals surface area contributed by atoms with E-state index in [1.54, 1.807) is 0 Å². The molecular weight excluding hydrogens is 290 g/mol. The predicted octanol–water partition coefficient (Wildman–Crippen LogP) is 3.68. The van der Waals surface area contributed by atoms with Gasteiger partial charge in [0, 0.05) is 17.6 Å². The van der Waals surface area contributed by atoms with E-state index in [9.17, 15) is 5.11 Å². The number of aliphatic hydroxyl groups excluding tert-OH is 1. The van der Waals surface area contributed by atoms with Gasteiger partial charge in [0.2, 0.25) is 0 Å². The Morgan fingerprint density at radius 2 is 2.00 bits per heavy atom. The van der Waals surface area contributed by atoms with Gasteiger partial charge in [-0.25, -0.2) is 0 Å². The molecule has 3 heteroatoms. The van der Waals surface area contributed by atoms with Crippen LogP contribution in [0.5, 0.6) is 0 Å². The molecule has 0 aromatic heterocycles. The molecule has 0 saturated carbocycles. The fourth-order valence-corrected chi connectivity index (χ4v) is 2.25. The van der Waals surface area contributed by atoms with E-state index in [0.29, 0.717) is 0 Å². The molecule has 0 aliphatic heterocycles. The normalized spacial score (nSPS) is 13.9. The van der Waals surface area contributed by atoms with E-state index in [1.165, 1.54) is 5.56 Å². The van der Waals surface area contributed by atoms with Crippen molar-refractivity contribution < 1.29 is 5.11 Å². The van der Waals surface area contributed by atoms with Gasteiger partial charge in [-0.15, -0.1) is 0 Å². The van der Waals surface area contributed by atoms with Crippen molar-refractivity contribution in [1.82, 2.24) is 4.90 Å². The first-order valence-electron chi connectivity index (χ1n) is 6.40. The molecule has 18 heavy (non-hydrogen) atoms. The van der Waals surface area contributed by atoms with Crippen LogP contribution in [0.25, 0.3) is 0 Å². The number of benzene rings is 1. The SMILES string of the molecule is CN(CCC(O)C(C)(C)C)Cc1cccc(Br)c1. The smallest absolute Gasteiger partial charge is 0.0600 e. The Balaban J connectivity index is 2.41. The second-order valence-electron chi connectivity index (χ2n) is 6.04. The van der Waals surface area contributed by atoms with E-state index in [0.717, 1.165) is 24.0 Å². The van der Waals surface area contributed by atoms with Crippen LogP contribution in [-0.2, 0) is 6.54 Å². The molecule has 1 unspecified atom stereocenters. The van der Waals surface area contributed by atoms with Gasteiger partial charge in [-0.3, -0.25) is 0 Å². The van der Waals surface area contributed by atoms with Crippen LogP contribution >= 0.6 is 15.9 Å². The van der Waals surface area contributed by atoms with Crippen molar-refractivity contribution in [3.05, 3.63) is 34.3 Å². The molecule has 1 N–H and O–H groups in total. The third-order valence-corrected chi connectivity index (χ3v) is 3.62. The highest BCUT2D eigenvalue weighted by atomic mass is 79.9. The summed E-state index contributed by atoms with van der Waals surface area (Å²) in [6.45, 7) is 8.05. The lowest BCUT2D eigenvalue weighted by Crippen LogP contribution is -2.30. The quantitative estimate of drug-likeness (QED) is 0.896. The van der Waals surface area contributed by atoms with Gasteiger partial charge in [0.25, 0.3) is 0 Å². The highest BCUT2D eigenvalue weighted by molar-refractivity contribution is 9.10. The Kier molecular flexibility index (Phi) is 5.83. The predicted molar refractivity (Wildman–Crippen MR) is 80.6 cm³/mol. The molecule has 102 valence electrons. The Morgan fingerprint density at radius 3 is 2.56 bits per heavy atom. The molecule has 0 heterocycles. The average Bonchev–Trinajstić information content (AvgIpc) is 2.24. The lowest BCUT2D eigenvalue weighted by atomic mass is 9.87. The molecule has 1 rings (SSSR count). The standard InChI is InChI=1S/C15H24BrNO/c1-15(2,3)14(18)8-9-17(4)11-12-6-5-7-13(16)10-12/h5-7,10,14,18H,8-9,11H2,1-4H3. The molecular formula is C15H24BrNO. The maximum absolute atomic E-state index is 10.0. The van der Waals surface area contributed by atoms with Crippen molar-refractivity contribution in [3.8, 4) is 0 Å². The van der Waals surface area contributed by atoms with Crippen LogP contribution < -0.4 is 0 Å². The highest BCUT2D eigenvalue weighted by Crippen LogP contribution is 2.22. The zero-order valence-corrected chi connectivity index (χ0v) is 13.4. The Hall–Kier alpha value is -0.380. The number of hydrogen-bond donors (Lipinski definition) is 1. The first-order valence-corrected chi connectivity index (χ1v) is 7.19. The van der Waals surface area contributed by atoms with Crippen molar-refractivity contribution in [1.29, 1.82) is 0 Å². The number of halogens is 1. The molecule has 0 radical (unpaired) electrons. The summed E-state index contributed by atoms with van der Waals surface area (Å²) in [6.07, 6.45) is 0.566. The summed E-state index contributed by atoms with van der Waals surface area (Å²) in [5, 5.41) is 10.0. The van der Waals surface area contributed by atoms with E-state index in [-0.39, 0.29) is 11.5 Å². The fraction of sp³-hybridized carbons (Fsp3) is 0.600. The second kappa shape index (κ2) is 6.69. The van der Waals surface area contributed by atoms with Crippen LogP contribution in [0.15, 0.2) is 28.7 Å². The molecule has 0 fully saturated rings. The Labute approximate surface area is 119 Å². The molecule has 0 saturated heterocycles. The summed E-state index contributed by atoms with van der Waals surface area (Å²) >= 11 is 3.48. The van der Waals surface area contributed by atoms with Crippen molar-refractivity contribution in [2.24, 2.45) is 5.41 Å². The van der Waals surface area contributed by atoms with Crippen LogP contribution in [0.2, 0.25) is 0 Å². The van der Waals surface area contributed by atoms with Gasteiger partial charge in [-0.1, -0.05) is 48.8 Å². The van der Waals surface area contributed by atoms with Crippen molar-refractivity contribution in [2.45, 2.75) is 39.8 Å². The van der Waals surface area contributed by atoms with Gasteiger partial charge >= 0.3 is 0 Å². The van der Waals surface area contributed by atoms with E-state index in [4.69, 9.17) is 0 Å². The number of aliphatic hydroxyl groups is 1. The van der Waals surface area contributed by atoms with E-state index in [2.05, 4.69) is 66.8 Å². The molecule has 1 aromatic carbocycles. The van der Waals surface area contributed by atoms with Crippen LogP contribution in [0.1, 0.15) is 32.8 Å². The van der Waals surface area contributed by atoms with Crippen LogP contribution in [-0.4, -0.2) is 29.7 Å². The van der Waals surface area contributed by atoms with Gasteiger partial charge in [0.1, 0.15) is 0 Å². The first-order chi connectivity index (χ1) is 8.29. The van der Waals surface area contributed by atoms with Crippen molar-refractivity contribution >= 4 is 15.9 Å². The van der Waals surface area contributed by atoms with Gasteiger partial charge < -0.3 is 10.0 Å². The summed E-state index contributed by atoms with van der Waals surface area (Å²) < 4.78 is 1.11. The summed E-state index contributed by atoms with van der Waals surface area (Å²) in [5.74, 6) is 0. The zero-order chi connectivity index (χ0) is 13.8. The zero-order valence-electron chi connectivity index (χ0n) is 11.8. The molecule has 0 amide bonds. The minimum absolute atomic E-state index is 0.0311. The molecule has 0 aliphatic rings. The van der Waals surface area contributed by atoms with Gasteiger partial charge in [-0.2, -0.15) is 0 Å². The number of rotatable bonds is 5. The average molecular weight is 314 g/mol. The lowest BCUT2D eigenvalue weighted by molar-refractivity contribution is 0.0473. The van der Waals surface area contributed by atoms with Gasteiger partial charge in [0.15, 0.2) is 0 Å². The summed E-state index contributed by atoms with van der Waals surface area (Å²) in [5.41, 5.74) is 1.26. The minimum atomic E-state index is -0.248. The molecule has 1 atom stereocenters. The van der Waals surface area contributed by atoms with E-state index < -0.39 is 0 Å². The minimum Gasteiger partial charge on any atom is -0.393 e. The highest BCUT2D eigenvalue weighted by Gasteiger charge is 2.21. The van der Waals surface area contributed by atoms with Crippen LogP contribution in [0.3, 0.4) is 0 Å². The van der Waals surface area contributed by atoms with E-state index in [1.807, 2.05) is 6.07 Å². The van der Waals surface area contributed by atoms with Crippen LogP contribution in [0.4, 0.5) is 0 Å². The summed E-state index contributed by atoms with van der Waals surface area (Å²) in [6, 6.07) is 8.35. The molecule has 0 aliphatic carbocycles. The maximum atomic E-state index is 10.0. The largest absolute Gasteiger partial charge is 0.393 e. The number of nitrogens with zero attached hydrogens (tertiary/aromatic N) is 1. The van der Waals surface area contributed by atoms with Gasteiger partial charge in [-0.05, 0) is 36.6 Å². The lowest BCUT2D eigenvalue weighted by Gasteiger charge is -2.27. The monoisotopic (exact) mass is 313 g/mol. The summed E-state index contributed by atoms with van der Waals surface area (Å²) in [7, 11) is 2.09. The van der Waals surface area contributed by atoms with Crippen molar-refractivity contribution in [3.63, 3.8) is 0 Å². The molecule has 1 aromatic rings. The Bertz CT molecular complexity index is 373. The maximum Gasteiger partial charge on any atom is 0.0600 e.